The SMILES string of the molecule is CCc1ccc(C(=O)NC(=O)NC2CCCCC2)cc1. The van der Waals surface area contributed by atoms with E-state index in [1.165, 1.54) is 12.0 Å². The van der Waals surface area contributed by atoms with Crippen LogP contribution in [0, 0.1) is 0 Å². The van der Waals surface area contributed by atoms with Gasteiger partial charge < -0.3 is 5.32 Å². The van der Waals surface area contributed by atoms with E-state index in [1.807, 2.05) is 12.1 Å². The normalized spacial score (nSPS) is 15.7. The Kier molecular flexibility index (Phi) is 5.16. The third-order valence-corrected chi connectivity index (χ3v) is 3.79. The highest BCUT2D eigenvalue weighted by Crippen LogP contribution is 2.17. The molecule has 3 amide bonds. The molecule has 1 aliphatic rings. The van der Waals surface area contributed by atoms with Gasteiger partial charge in [-0.2, -0.15) is 0 Å². The second kappa shape index (κ2) is 7.08. The predicted molar refractivity (Wildman–Crippen MR) is 78.7 cm³/mol. The van der Waals surface area contributed by atoms with Crippen LogP contribution in [0.1, 0.15) is 54.9 Å². The number of hydrogen-bond acceptors (Lipinski definition) is 2. The van der Waals surface area contributed by atoms with Crippen molar-refractivity contribution in [2.45, 2.75) is 51.5 Å². The van der Waals surface area contributed by atoms with Crippen LogP contribution in [0.2, 0.25) is 0 Å². The van der Waals surface area contributed by atoms with Crippen molar-refractivity contribution < 1.29 is 9.59 Å². The fraction of sp³-hybridized carbons (Fsp3) is 0.500. The Hall–Kier alpha value is -1.84. The molecule has 4 nitrogen and oxygen atoms in total. The minimum absolute atomic E-state index is 0.207. The van der Waals surface area contributed by atoms with E-state index in [4.69, 9.17) is 0 Å². The lowest BCUT2D eigenvalue weighted by Gasteiger charge is -2.22. The average molecular weight is 274 g/mol. The fourth-order valence-corrected chi connectivity index (χ4v) is 2.54. The fourth-order valence-electron chi connectivity index (χ4n) is 2.54. The second-order valence-corrected chi connectivity index (χ2v) is 5.31. The predicted octanol–water partition coefficient (Wildman–Crippen LogP) is 3.02. The first-order valence-corrected chi connectivity index (χ1v) is 7.40. The zero-order valence-corrected chi connectivity index (χ0v) is 11.9. The van der Waals surface area contributed by atoms with Crippen molar-refractivity contribution in [1.29, 1.82) is 0 Å². The molecule has 0 radical (unpaired) electrons. The van der Waals surface area contributed by atoms with Crippen LogP contribution in [-0.2, 0) is 6.42 Å². The van der Waals surface area contributed by atoms with Gasteiger partial charge in [0.1, 0.15) is 0 Å². The highest BCUT2D eigenvalue weighted by Gasteiger charge is 2.17. The molecule has 2 rings (SSSR count). The quantitative estimate of drug-likeness (QED) is 0.890. The zero-order chi connectivity index (χ0) is 14.4. The number of carbonyl (C=O) groups excluding carboxylic acids is 2. The molecule has 1 aromatic carbocycles. The van der Waals surface area contributed by atoms with Crippen LogP contribution in [0.4, 0.5) is 4.79 Å². The first-order valence-electron chi connectivity index (χ1n) is 7.40. The summed E-state index contributed by atoms with van der Waals surface area (Å²) in [6.07, 6.45) is 6.49. The minimum atomic E-state index is -0.388. The van der Waals surface area contributed by atoms with E-state index in [2.05, 4.69) is 17.6 Å². The van der Waals surface area contributed by atoms with Crippen LogP contribution in [-0.4, -0.2) is 18.0 Å². The lowest BCUT2D eigenvalue weighted by Crippen LogP contribution is -2.45. The molecule has 0 unspecified atom stereocenters. The summed E-state index contributed by atoms with van der Waals surface area (Å²) in [5.41, 5.74) is 1.69. The van der Waals surface area contributed by atoms with Gasteiger partial charge in [0.2, 0.25) is 0 Å². The van der Waals surface area contributed by atoms with Crippen molar-refractivity contribution in [3.63, 3.8) is 0 Å². The Morgan fingerprint density at radius 3 is 2.35 bits per heavy atom. The highest BCUT2D eigenvalue weighted by molar-refractivity contribution is 6.04. The van der Waals surface area contributed by atoms with E-state index in [-0.39, 0.29) is 18.0 Å². The summed E-state index contributed by atoms with van der Waals surface area (Å²) in [5, 5.41) is 5.26. The van der Waals surface area contributed by atoms with Crippen molar-refractivity contribution in [3.05, 3.63) is 35.4 Å². The summed E-state index contributed by atoms with van der Waals surface area (Å²) in [6, 6.07) is 7.15. The molecule has 0 atom stereocenters. The van der Waals surface area contributed by atoms with Crippen LogP contribution in [0.25, 0.3) is 0 Å². The molecule has 0 aliphatic heterocycles. The van der Waals surface area contributed by atoms with Crippen molar-refractivity contribution in [1.82, 2.24) is 10.6 Å². The molecule has 1 fully saturated rings. The largest absolute Gasteiger partial charge is 0.335 e. The summed E-state index contributed by atoms with van der Waals surface area (Å²) in [4.78, 5) is 23.7. The van der Waals surface area contributed by atoms with Crippen LogP contribution >= 0.6 is 0 Å². The van der Waals surface area contributed by atoms with Crippen LogP contribution in [0.5, 0.6) is 0 Å². The van der Waals surface area contributed by atoms with Crippen molar-refractivity contribution in [3.8, 4) is 0 Å². The molecule has 1 aliphatic carbocycles. The summed E-state index contributed by atoms with van der Waals surface area (Å²) in [6.45, 7) is 2.06. The smallest absolute Gasteiger partial charge is 0.321 e. The topological polar surface area (TPSA) is 58.2 Å². The van der Waals surface area contributed by atoms with E-state index in [1.54, 1.807) is 12.1 Å². The van der Waals surface area contributed by atoms with Gasteiger partial charge >= 0.3 is 6.03 Å². The molecule has 108 valence electrons. The molecule has 1 aromatic rings. The van der Waals surface area contributed by atoms with Crippen LogP contribution in [0.3, 0.4) is 0 Å². The zero-order valence-electron chi connectivity index (χ0n) is 11.9. The van der Waals surface area contributed by atoms with E-state index in [0.29, 0.717) is 5.56 Å². The summed E-state index contributed by atoms with van der Waals surface area (Å²) < 4.78 is 0. The number of carbonyl (C=O) groups is 2. The number of benzene rings is 1. The molecule has 0 aromatic heterocycles. The second-order valence-electron chi connectivity index (χ2n) is 5.31. The molecule has 20 heavy (non-hydrogen) atoms. The molecule has 2 N–H and O–H groups in total. The van der Waals surface area contributed by atoms with Crippen LogP contribution in [0.15, 0.2) is 24.3 Å². The number of rotatable bonds is 3. The Labute approximate surface area is 119 Å². The highest BCUT2D eigenvalue weighted by atomic mass is 16.2. The molecule has 0 saturated heterocycles. The molecular weight excluding hydrogens is 252 g/mol. The summed E-state index contributed by atoms with van der Waals surface area (Å²) >= 11 is 0. The van der Waals surface area contributed by atoms with Crippen LogP contribution < -0.4 is 10.6 Å². The maximum absolute atomic E-state index is 11.9. The van der Waals surface area contributed by atoms with E-state index >= 15 is 0 Å². The summed E-state index contributed by atoms with van der Waals surface area (Å²) in [7, 11) is 0. The monoisotopic (exact) mass is 274 g/mol. The standard InChI is InChI=1S/C16H22N2O2/c1-2-12-8-10-13(11-9-12)15(19)18-16(20)17-14-6-4-3-5-7-14/h8-11,14H,2-7H2,1H3,(H2,17,18,19,20). The third kappa shape index (κ3) is 4.08. The number of urea groups is 1. The van der Waals surface area contributed by atoms with Crippen molar-refractivity contribution >= 4 is 11.9 Å². The van der Waals surface area contributed by atoms with Gasteiger partial charge in [0.25, 0.3) is 5.91 Å². The maximum Gasteiger partial charge on any atom is 0.321 e. The number of nitrogens with one attached hydrogen (secondary N) is 2. The van der Waals surface area contributed by atoms with Gasteiger partial charge in [0.15, 0.2) is 0 Å². The molecule has 1 saturated carbocycles. The van der Waals surface area contributed by atoms with E-state index < -0.39 is 0 Å². The third-order valence-electron chi connectivity index (χ3n) is 3.79. The van der Waals surface area contributed by atoms with Crippen molar-refractivity contribution in [2.75, 3.05) is 0 Å². The summed E-state index contributed by atoms with van der Waals surface area (Å²) in [5.74, 6) is -0.346. The average Bonchev–Trinajstić information content (AvgIpc) is 2.48. The maximum atomic E-state index is 11.9. The van der Waals surface area contributed by atoms with Gasteiger partial charge in [-0.1, -0.05) is 38.3 Å². The Bertz CT molecular complexity index is 462. The Balaban J connectivity index is 1.84. The number of amides is 3. The van der Waals surface area contributed by atoms with Crippen molar-refractivity contribution in [2.24, 2.45) is 0 Å². The molecule has 0 spiro atoms. The lowest BCUT2D eigenvalue weighted by atomic mass is 9.96. The number of aryl methyl sites for hydroxylation is 1. The first kappa shape index (κ1) is 14.6. The molecule has 4 heteroatoms. The Morgan fingerprint density at radius 2 is 1.75 bits per heavy atom. The van der Waals surface area contributed by atoms with Gasteiger partial charge in [0.05, 0.1) is 0 Å². The van der Waals surface area contributed by atoms with Gasteiger partial charge in [-0.25, -0.2) is 4.79 Å². The molecular formula is C16H22N2O2. The molecule has 0 heterocycles. The van der Waals surface area contributed by atoms with E-state index in [9.17, 15) is 9.59 Å². The minimum Gasteiger partial charge on any atom is -0.335 e. The number of hydrogen-bond donors (Lipinski definition) is 2. The van der Waals surface area contributed by atoms with E-state index in [0.717, 1.165) is 32.1 Å². The first-order chi connectivity index (χ1) is 9.69. The Morgan fingerprint density at radius 1 is 1.10 bits per heavy atom. The van der Waals surface area contributed by atoms with Gasteiger partial charge in [0, 0.05) is 11.6 Å². The van der Waals surface area contributed by atoms with Gasteiger partial charge in [-0.3, -0.25) is 10.1 Å². The lowest BCUT2D eigenvalue weighted by molar-refractivity contribution is 0.0963. The molecule has 0 bridgehead atoms. The van der Waals surface area contributed by atoms with Gasteiger partial charge in [-0.05, 0) is 37.0 Å². The van der Waals surface area contributed by atoms with Gasteiger partial charge in [-0.15, -0.1) is 0 Å². The number of imide groups is 1.